The van der Waals surface area contributed by atoms with E-state index >= 15 is 0 Å². The summed E-state index contributed by atoms with van der Waals surface area (Å²) in [6.45, 7) is 4.14. The van der Waals surface area contributed by atoms with Crippen LogP contribution in [0.15, 0.2) is 67.0 Å². The molecule has 27 heavy (non-hydrogen) atoms. The summed E-state index contributed by atoms with van der Waals surface area (Å²) in [5.74, 6) is 1.45. The first-order valence-corrected chi connectivity index (χ1v) is 8.61. The van der Waals surface area contributed by atoms with Crippen LogP contribution < -0.4 is 10.1 Å². The van der Waals surface area contributed by atoms with Gasteiger partial charge >= 0.3 is 0 Å². The van der Waals surface area contributed by atoms with Crippen LogP contribution in [0.3, 0.4) is 0 Å². The lowest BCUT2D eigenvalue weighted by Gasteiger charge is -2.12. The highest BCUT2D eigenvalue weighted by atomic mass is 19.1. The van der Waals surface area contributed by atoms with Gasteiger partial charge in [-0.05, 0) is 61.4 Å². The van der Waals surface area contributed by atoms with Crippen LogP contribution in [0.25, 0.3) is 10.9 Å². The van der Waals surface area contributed by atoms with Crippen LogP contribution >= 0.6 is 0 Å². The van der Waals surface area contributed by atoms with Crippen LogP contribution in [0, 0.1) is 19.7 Å². The number of ether oxygens (including phenoxy) is 1. The molecule has 4 rings (SSSR count). The van der Waals surface area contributed by atoms with Crippen molar-refractivity contribution in [2.24, 2.45) is 0 Å². The van der Waals surface area contributed by atoms with Gasteiger partial charge in [-0.25, -0.2) is 14.4 Å². The molecule has 0 atom stereocenters. The second-order valence-electron chi connectivity index (χ2n) is 6.39. The van der Waals surface area contributed by atoms with Gasteiger partial charge < -0.3 is 10.1 Å². The molecule has 0 fully saturated rings. The number of fused-ring (bicyclic) bond motifs is 1. The number of benzene rings is 3. The molecular formula is C22H18FN3O. The molecule has 134 valence electrons. The Morgan fingerprint density at radius 2 is 1.59 bits per heavy atom. The lowest BCUT2D eigenvalue weighted by Crippen LogP contribution is -1.97. The van der Waals surface area contributed by atoms with Crippen LogP contribution in [0.1, 0.15) is 11.1 Å². The smallest absolute Gasteiger partial charge is 0.141 e. The van der Waals surface area contributed by atoms with Crippen molar-refractivity contribution in [2.45, 2.75) is 13.8 Å². The van der Waals surface area contributed by atoms with Gasteiger partial charge in [0.05, 0.1) is 5.52 Å². The predicted octanol–water partition coefficient (Wildman–Crippen LogP) is 5.92. The maximum Gasteiger partial charge on any atom is 0.141 e. The summed E-state index contributed by atoms with van der Waals surface area (Å²) in [6, 6.07) is 17.7. The molecule has 1 heterocycles. The monoisotopic (exact) mass is 359 g/mol. The molecule has 0 bridgehead atoms. The molecular weight excluding hydrogens is 341 g/mol. The third-order valence-electron chi connectivity index (χ3n) is 4.38. The third-order valence-corrected chi connectivity index (χ3v) is 4.38. The van der Waals surface area contributed by atoms with Crippen molar-refractivity contribution in [1.82, 2.24) is 9.97 Å². The fourth-order valence-corrected chi connectivity index (χ4v) is 2.86. The Kier molecular flexibility index (Phi) is 4.42. The molecule has 0 spiro atoms. The Bertz CT molecular complexity index is 1130. The maximum absolute atomic E-state index is 13.3. The van der Waals surface area contributed by atoms with Gasteiger partial charge in [-0.3, -0.25) is 0 Å². The molecule has 0 saturated carbocycles. The van der Waals surface area contributed by atoms with E-state index in [2.05, 4.69) is 41.3 Å². The molecule has 3 aromatic carbocycles. The average molecular weight is 359 g/mol. The maximum atomic E-state index is 13.3. The number of halogens is 1. The zero-order chi connectivity index (χ0) is 18.8. The Morgan fingerprint density at radius 1 is 0.852 bits per heavy atom. The van der Waals surface area contributed by atoms with Crippen molar-refractivity contribution in [3.8, 4) is 11.5 Å². The molecule has 0 saturated heterocycles. The van der Waals surface area contributed by atoms with Crippen LogP contribution in [-0.4, -0.2) is 9.97 Å². The molecule has 0 aliphatic carbocycles. The van der Waals surface area contributed by atoms with E-state index in [1.807, 2.05) is 24.3 Å². The van der Waals surface area contributed by atoms with E-state index in [0.717, 1.165) is 22.4 Å². The molecule has 1 N–H and O–H groups in total. The van der Waals surface area contributed by atoms with Gasteiger partial charge in [-0.1, -0.05) is 12.1 Å². The summed E-state index contributed by atoms with van der Waals surface area (Å²) < 4.78 is 19.1. The van der Waals surface area contributed by atoms with Crippen LogP contribution in [0.4, 0.5) is 15.9 Å². The Hall–Kier alpha value is -3.47. The Balaban J connectivity index is 1.64. The van der Waals surface area contributed by atoms with E-state index < -0.39 is 0 Å². The highest BCUT2D eigenvalue weighted by molar-refractivity contribution is 5.91. The highest BCUT2D eigenvalue weighted by Gasteiger charge is 2.07. The number of aromatic nitrogens is 2. The molecule has 4 nitrogen and oxygen atoms in total. The first-order chi connectivity index (χ1) is 13.1. The molecule has 0 amide bonds. The minimum absolute atomic E-state index is 0.333. The van der Waals surface area contributed by atoms with Crippen LogP contribution in [-0.2, 0) is 0 Å². The van der Waals surface area contributed by atoms with Gasteiger partial charge in [-0.2, -0.15) is 0 Å². The SMILES string of the molecule is Cc1cc2ncnc(Nc3cccc(Oc4cccc(F)c4)c3)c2cc1C. The first-order valence-electron chi connectivity index (χ1n) is 8.61. The minimum Gasteiger partial charge on any atom is -0.457 e. The van der Waals surface area contributed by atoms with Crippen LogP contribution in [0.5, 0.6) is 11.5 Å². The van der Waals surface area contributed by atoms with Gasteiger partial charge in [0.2, 0.25) is 0 Å². The summed E-state index contributed by atoms with van der Waals surface area (Å²) in [7, 11) is 0. The molecule has 4 aromatic rings. The third kappa shape index (κ3) is 3.72. The van der Waals surface area contributed by atoms with E-state index in [1.54, 1.807) is 18.5 Å². The summed E-state index contributed by atoms with van der Waals surface area (Å²) in [5, 5.41) is 4.28. The second-order valence-corrected chi connectivity index (χ2v) is 6.39. The largest absolute Gasteiger partial charge is 0.457 e. The van der Waals surface area contributed by atoms with E-state index in [4.69, 9.17) is 4.74 Å². The zero-order valence-electron chi connectivity index (χ0n) is 15.0. The lowest BCUT2D eigenvalue weighted by atomic mass is 10.1. The molecule has 0 radical (unpaired) electrons. The van der Waals surface area contributed by atoms with Crippen LogP contribution in [0.2, 0.25) is 0 Å². The average Bonchev–Trinajstić information content (AvgIpc) is 2.64. The van der Waals surface area contributed by atoms with Crippen molar-refractivity contribution in [3.05, 3.63) is 83.9 Å². The number of hydrogen-bond donors (Lipinski definition) is 1. The highest BCUT2D eigenvalue weighted by Crippen LogP contribution is 2.29. The lowest BCUT2D eigenvalue weighted by molar-refractivity contribution is 0.477. The standard InChI is InChI=1S/C22H18FN3O/c1-14-9-20-21(10-15(14)2)24-13-25-22(20)26-17-6-4-8-19(12-17)27-18-7-3-5-16(23)11-18/h3-13H,1-2H3,(H,24,25,26). The number of anilines is 2. The summed E-state index contributed by atoms with van der Waals surface area (Å²) in [6.07, 6.45) is 1.55. The van der Waals surface area contributed by atoms with Crippen molar-refractivity contribution in [3.63, 3.8) is 0 Å². The van der Waals surface area contributed by atoms with Gasteiger partial charge in [0.15, 0.2) is 0 Å². The molecule has 0 unspecified atom stereocenters. The van der Waals surface area contributed by atoms with Crippen molar-refractivity contribution >= 4 is 22.4 Å². The van der Waals surface area contributed by atoms with Crippen molar-refractivity contribution in [1.29, 1.82) is 0 Å². The first kappa shape index (κ1) is 17.0. The number of hydrogen-bond acceptors (Lipinski definition) is 4. The molecule has 5 heteroatoms. The summed E-state index contributed by atoms with van der Waals surface area (Å²) >= 11 is 0. The molecule has 1 aromatic heterocycles. The topological polar surface area (TPSA) is 47.0 Å². The predicted molar refractivity (Wildman–Crippen MR) is 105 cm³/mol. The fourth-order valence-electron chi connectivity index (χ4n) is 2.86. The summed E-state index contributed by atoms with van der Waals surface area (Å²) in [4.78, 5) is 8.74. The normalized spacial score (nSPS) is 10.8. The Labute approximate surface area is 156 Å². The Morgan fingerprint density at radius 3 is 2.41 bits per heavy atom. The number of aryl methyl sites for hydroxylation is 2. The van der Waals surface area contributed by atoms with Crippen molar-refractivity contribution in [2.75, 3.05) is 5.32 Å². The molecule has 0 aliphatic heterocycles. The number of nitrogens with one attached hydrogen (secondary N) is 1. The quantitative estimate of drug-likeness (QED) is 0.491. The second kappa shape index (κ2) is 7.03. The van der Waals surface area contributed by atoms with Gasteiger partial charge in [0.1, 0.15) is 29.5 Å². The van der Waals surface area contributed by atoms with E-state index in [0.29, 0.717) is 11.5 Å². The van der Waals surface area contributed by atoms with E-state index in [-0.39, 0.29) is 5.82 Å². The number of rotatable bonds is 4. The fraction of sp³-hybridized carbons (Fsp3) is 0.0909. The van der Waals surface area contributed by atoms with Gasteiger partial charge in [0.25, 0.3) is 0 Å². The van der Waals surface area contributed by atoms with Gasteiger partial charge in [-0.15, -0.1) is 0 Å². The van der Waals surface area contributed by atoms with E-state index in [9.17, 15) is 4.39 Å². The zero-order valence-corrected chi connectivity index (χ0v) is 15.0. The molecule has 0 aliphatic rings. The number of nitrogens with zero attached hydrogens (tertiary/aromatic N) is 2. The van der Waals surface area contributed by atoms with Gasteiger partial charge in [0, 0.05) is 23.2 Å². The van der Waals surface area contributed by atoms with Crippen molar-refractivity contribution < 1.29 is 9.13 Å². The summed E-state index contributed by atoms with van der Waals surface area (Å²) in [5.41, 5.74) is 4.09. The van der Waals surface area contributed by atoms with E-state index in [1.165, 1.54) is 23.3 Å². The minimum atomic E-state index is -0.333.